The molecule has 0 aliphatic heterocycles. The SMILES string of the molecule is CCCOC(=O)c1ccc(OCC(=O)NN=C(C)c2cccc([N+](=O)[O-])c2)cc1. The van der Waals surface area contributed by atoms with E-state index in [2.05, 4.69) is 10.5 Å². The molecule has 29 heavy (non-hydrogen) atoms. The number of carbonyl (C=O) groups is 2. The van der Waals surface area contributed by atoms with Gasteiger partial charge in [-0.25, -0.2) is 10.2 Å². The number of nitro benzene ring substituents is 1. The minimum atomic E-state index is -0.502. The molecule has 0 unspecified atom stereocenters. The van der Waals surface area contributed by atoms with E-state index in [4.69, 9.17) is 9.47 Å². The monoisotopic (exact) mass is 399 g/mol. The summed E-state index contributed by atoms with van der Waals surface area (Å²) >= 11 is 0. The number of hydrazone groups is 1. The third kappa shape index (κ3) is 6.73. The van der Waals surface area contributed by atoms with Gasteiger partial charge in [-0.1, -0.05) is 19.1 Å². The van der Waals surface area contributed by atoms with Crippen LogP contribution in [0.15, 0.2) is 53.6 Å². The predicted octanol–water partition coefficient (Wildman–Crippen LogP) is 3.08. The molecule has 2 aromatic carbocycles. The summed E-state index contributed by atoms with van der Waals surface area (Å²) in [6.07, 6.45) is 0.741. The maximum Gasteiger partial charge on any atom is 0.338 e. The topological polar surface area (TPSA) is 120 Å². The predicted molar refractivity (Wildman–Crippen MR) is 106 cm³/mol. The third-order valence-corrected chi connectivity index (χ3v) is 3.72. The lowest BCUT2D eigenvalue weighted by atomic mass is 10.1. The summed E-state index contributed by atoms with van der Waals surface area (Å²) in [6, 6.07) is 12.2. The number of amides is 1. The Morgan fingerprint density at radius 3 is 2.52 bits per heavy atom. The lowest BCUT2D eigenvalue weighted by Gasteiger charge is -2.07. The zero-order chi connectivity index (χ0) is 21.2. The van der Waals surface area contributed by atoms with Crippen molar-refractivity contribution >= 4 is 23.3 Å². The first-order chi connectivity index (χ1) is 13.9. The van der Waals surface area contributed by atoms with Gasteiger partial charge in [0.1, 0.15) is 5.75 Å². The van der Waals surface area contributed by atoms with Gasteiger partial charge >= 0.3 is 5.97 Å². The number of hydrogen-bond acceptors (Lipinski definition) is 7. The summed E-state index contributed by atoms with van der Waals surface area (Å²) < 4.78 is 10.4. The fourth-order valence-corrected chi connectivity index (χ4v) is 2.20. The first-order valence-electron chi connectivity index (χ1n) is 8.88. The molecule has 0 spiro atoms. The van der Waals surface area contributed by atoms with E-state index in [1.54, 1.807) is 43.3 Å². The molecular formula is C20H21N3O6. The van der Waals surface area contributed by atoms with Gasteiger partial charge in [0.2, 0.25) is 0 Å². The number of nitrogens with zero attached hydrogens (tertiary/aromatic N) is 2. The van der Waals surface area contributed by atoms with Crippen molar-refractivity contribution in [2.75, 3.05) is 13.2 Å². The van der Waals surface area contributed by atoms with E-state index in [0.29, 0.717) is 29.2 Å². The van der Waals surface area contributed by atoms with Gasteiger partial charge in [-0.3, -0.25) is 14.9 Å². The number of nitrogens with one attached hydrogen (secondary N) is 1. The molecule has 1 N–H and O–H groups in total. The van der Waals surface area contributed by atoms with Crippen molar-refractivity contribution in [2.45, 2.75) is 20.3 Å². The lowest BCUT2D eigenvalue weighted by Crippen LogP contribution is -2.25. The summed E-state index contributed by atoms with van der Waals surface area (Å²) in [4.78, 5) is 33.9. The largest absolute Gasteiger partial charge is 0.484 e. The molecule has 0 saturated heterocycles. The molecule has 0 saturated carbocycles. The number of esters is 1. The van der Waals surface area contributed by atoms with Gasteiger partial charge in [0.05, 0.1) is 22.8 Å². The smallest absolute Gasteiger partial charge is 0.338 e. The fraction of sp³-hybridized carbons (Fsp3) is 0.250. The molecule has 2 aromatic rings. The second-order valence-corrected chi connectivity index (χ2v) is 5.99. The van der Waals surface area contributed by atoms with Gasteiger partial charge < -0.3 is 9.47 Å². The Morgan fingerprint density at radius 1 is 1.14 bits per heavy atom. The van der Waals surface area contributed by atoms with Gasteiger partial charge in [0.25, 0.3) is 11.6 Å². The van der Waals surface area contributed by atoms with E-state index in [0.717, 1.165) is 6.42 Å². The average Bonchev–Trinajstić information content (AvgIpc) is 2.74. The van der Waals surface area contributed by atoms with Crippen molar-refractivity contribution in [3.05, 3.63) is 69.8 Å². The number of ether oxygens (including phenoxy) is 2. The Kier molecular flexibility index (Phi) is 7.84. The van der Waals surface area contributed by atoms with Crippen LogP contribution in [0.4, 0.5) is 5.69 Å². The highest BCUT2D eigenvalue weighted by Crippen LogP contribution is 2.14. The van der Waals surface area contributed by atoms with Crippen LogP contribution in [-0.2, 0) is 9.53 Å². The Hall–Kier alpha value is -3.75. The Labute approximate surface area is 167 Å². The molecule has 0 aliphatic rings. The molecule has 1 amide bonds. The van der Waals surface area contributed by atoms with Crippen LogP contribution in [0.5, 0.6) is 5.75 Å². The van der Waals surface area contributed by atoms with Crippen molar-refractivity contribution in [3.63, 3.8) is 0 Å². The Morgan fingerprint density at radius 2 is 1.86 bits per heavy atom. The molecule has 0 radical (unpaired) electrons. The highest BCUT2D eigenvalue weighted by molar-refractivity contribution is 5.99. The first-order valence-corrected chi connectivity index (χ1v) is 8.88. The van der Waals surface area contributed by atoms with Crippen LogP contribution in [0.1, 0.15) is 36.2 Å². The molecule has 9 nitrogen and oxygen atoms in total. The van der Waals surface area contributed by atoms with Crippen LogP contribution >= 0.6 is 0 Å². The Bertz CT molecular complexity index is 909. The lowest BCUT2D eigenvalue weighted by molar-refractivity contribution is -0.384. The molecule has 0 heterocycles. The summed E-state index contributed by atoms with van der Waals surface area (Å²) in [6.45, 7) is 3.60. The Balaban J connectivity index is 1.86. The van der Waals surface area contributed by atoms with E-state index in [9.17, 15) is 19.7 Å². The number of rotatable bonds is 9. The molecular weight excluding hydrogens is 378 g/mol. The quantitative estimate of drug-likeness (QED) is 0.299. The standard InChI is InChI=1S/C20H21N3O6/c1-3-11-28-20(25)15-7-9-18(10-8-15)29-13-19(24)22-21-14(2)16-5-4-6-17(12-16)23(26)27/h4-10,12H,3,11,13H2,1-2H3,(H,22,24). The summed E-state index contributed by atoms with van der Waals surface area (Å²) in [7, 11) is 0. The van der Waals surface area contributed by atoms with Gasteiger partial charge in [0, 0.05) is 17.7 Å². The van der Waals surface area contributed by atoms with Crippen molar-refractivity contribution in [1.82, 2.24) is 5.43 Å². The number of nitro groups is 1. The van der Waals surface area contributed by atoms with E-state index >= 15 is 0 Å². The first kappa shape index (κ1) is 21.5. The minimum Gasteiger partial charge on any atom is -0.484 e. The van der Waals surface area contributed by atoms with E-state index < -0.39 is 16.8 Å². The molecule has 0 bridgehead atoms. The molecule has 0 aliphatic carbocycles. The minimum absolute atomic E-state index is 0.0614. The van der Waals surface area contributed by atoms with Crippen molar-refractivity contribution < 1.29 is 24.0 Å². The second kappa shape index (κ2) is 10.5. The summed E-state index contributed by atoms with van der Waals surface area (Å²) in [5.41, 5.74) is 3.60. The number of hydrogen-bond donors (Lipinski definition) is 1. The molecule has 0 atom stereocenters. The van der Waals surface area contributed by atoms with Gasteiger partial charge in [-0.2, -0.15) is 5.10 Å². The van der Waals surface area contributed by atoms with Crippen molar-refractivity contribution in [2.24, 2.45) is 5.10 Å². The molecule has 152 valence electrons. The average molecular weight is 399 g/mol. The van der Waals surface area contributed by atoms with Crippen LogP contribution in [-0.4, -0.2) is 35.7 Å². The molecule has 0 fully saturated rings. The van der Waals surface area contributed by atoms with Crippen molar-refractivity contribution in [3.8, 4) is 5.75 Å². The number of carbonyl (C=O) groups excluding carboxylic acids is 2. The highest BCUT2D eigenvalue weighted by Gasteiger charge is 2.09. The highest BCUT2D eigenvalue weighted by atomic mass is 16.6. The molecule has 9 heteroatoms. The van der Waals surface area contributed by atoms with Crippen LogP contribution in [0, 0.1) is 10.1 Å². The van der Waals surface area contributed by atoms with Gasteiger partial charge in [0.15, 0.2) is 6.61 Å². The summed E-state index contributed by atoms with van der Waals surface area (Å²) in [5, 5.41) is 14.7. The van der Waals surface area contributed by atoms with Crippen LogP contribution in [0.3, 0.4) is 0 Å². The zero-order valence-corrected chi connectivity index (χ0v) is 16.1. The summed E-state index contributed by atoms with van der Waals surface area (Å²) in [5.74, 6) is -0.505. The molecule has 2 rings (SSSR count). The van der Waals surface area contributed by atoms with Crippen LogP contribution < -0.4 is 10.2 Å². The molecule has 0 aromatic heterocycles. The maximum atomic E-state index is 11.9. The van der Waals surface area contributed by atoms with Gasteiger partial charge in [-0.05, 0) is 37.6 Å². The fourth-order valence-electron chi connectivity index (χ4n) is 2.20. The van der Waals surface area contributed by atoms with E-state index in [-0.39, 0.29) is 12.3 Å². The third-order valence-electron chi connectivity index (χ3n) is 3.72. The second-order valence-electron chi connectivity index (χ2n) is 5.99. The van der Waals surface area contributed by atoms with Gasteiger partial charge in [-0.15, -0.1) is 0 Å². The van der Waals surface area contributed by atoms with Crippen molar-refractivity contribution in [1.29, 1.82) is 0 Å². The van der Waals surface area contributed by atoms with Crippen LogP contribution in [0.25, 0.3) is 0 Å². The van der Waals surface area contributed by atoms with E-state index in [1.807, 2.05) is 6.92 Å². The van der Waals surface area contributed by atoms with Crippen LogP contribution in [0.2, 0.25) is 0 Å². The van der Waals surface area contributed by atoms with E-state index in [1.165, 1.54) is 12.1 Å². The zero-order valence-electron chi connectivity index (χ0n) is 16.1. The number of non-ortho nitro benzene ring substituents is 1. The number of benzene rings is 2. The normalized spacial score (nSPS) is 10.9. The maximum absolute atomic E-state index is 11.9.